The summed E-state index contributed by atoms with van der Waals surface area (Å²) in [5, 5.41) is 0. The van der Waals surface area contributed by atoms with E-state index < -0.39 is 5.91 Å². The van der Waals surface area contributed by atoms with Crippen LogP contribution in [0.3, 0.4) is 0 Å². The Kier molecular flexibility index (Phi) is 3.14. The van der Waals surface area contributed by atoms with Crippen molar-refractivity contribution in [2.24, 2.45) is 5.73 Å². The molecule has 0 bridgehead atoms. The van der Waals surface area contributed by atoms with Gasteiger partial charge in [0, 0.05) is 11.8 Å². The highest BCUT2D eigenvalue weighted by molar-refractivity contribution is 5.91. The zero-order valence-electron chi connectivity index (χ0n) is 9.55. The van der Waals surface area contributed by atoms with E-state index in [1.807, 2.05) is 24.3 Å². The van der Waals surface area contributed by atoms with Crippen molar-refractivity contribution in [1.29, 1.82) is 0 Å². The Morgan fingerprint density at radius 1 is 1.29 bits per heavy atom. The van der Waals surface area contributed by atoms with Gasteiger partial charge in [-0.2, -0.15) is 0 Å². The molecule has 1 heterocycles. The molecule has 1 aromatic heterocycles. The minimum atomic E-state index is -0.539. The van der Waals surface area contributed by atoms with Crippen molar-refractivity contribution in [1.82, 2.24) is 9.97 Å². The zero-order valence-corrected chi connectivity index (χ0v) is 9.55. The Balaban J connectivity index is 2.52. The molecule has 0 aliphatic carbocycles. The third-order valence-electron chi connectivity index (χ3n) is 2.55. The van der Waals surface area contributed by atoms with Gasteiger partial charge in [0.1, 0.15) is 5.69 Å². The van der Waals surface area contributed by atoms with E-state index in [2.05, 4.69) is 16.9 Å². The molecule has 2 rings (SSSR count). The molecule has 17 heavy (non-hydrogen) atoms. The van der Waals surface area contributed by atoms with Gasteiger partial charge in [-0.05, 0) is 18.1 Å². The van der Waals surface area contributed by atoms with E-state index in [1.165, 1.54) is 6.07 Å². The van der Waals surface area contributed by atoms with E-state index in [0.717, 1.165) is 17.5 Å². The van der Waals surface area contributed by atoms with Gasteiger partial charge in [-0.1, -0.05) is 31.2 Å². The average molecular weight is 227 g/mol. The molecule has 2 N–H and O–H groups in total. The summed E-state index contributed by atoms with van der Waals surface area (Å²) in [6.07, 6.45) is 2.44. The Bertz CT molecular complexity index is 552. The topological polar surface area (TPSA) is 68.9 Å². The first kappa shape index (κ1) is 11.3. The standard InChI is InChI=1S/C13H13N3O/c1-2-9-5-3-4-6-10(9)13-15-8-7-11(16-13)12(14)17/h3-8H,2H2,1H3,(H2,14,17). The van der Waals surface area contributed by atoms with Gasteiger partial charge in [0.2, 0.25) is 0 Å². The van der Waals surface area contributed by atoms with Crippen LogP contribution in [0.1, 0.15) is 23.0 Å². The van der Waals surface area contributed by atoms with Gasteiger partial charge >= 0.3 is 0 Å². The summed E-state index contributed by atoms with van der Waals surface area (Å²) >= 11 is 0. The Hall–Kier alpha value is -2.23. The maximum absolute atomic E-state index is 11.1. The highest BCUT2D eigenvalue weighted by atomic mass is 16.1. The number of primary amides is 1. The van der Waals surface area contributed by atoms with Crippen molar-refractivity contribution in [2.75, 3.05) is 0 Å². The fraction of sp³-hybridized carbons (Fsp3) is 0.154. The van der Waals surface area contributed by atoms with Crippen LogP contribution in [-0.4, -0.2) is 15.9 Å². The normalized spacial score (nSPS) is 10.2. The van der Waals surface area contributed by atoms with Gasteiger partial charge < -0.3 is 5.73 Å². The lowest BCUT2D eigenvalue weighted by molar-refractivity contribution is 0.0995. The second-order valence-corrected chi connectivity index (χ2v) is 3.64. The van der Waals surface area contributed by atoms with E-state index in [1.54, 1.807) is 6.20 Å². The molecule has 0 saturated heterocycles. The van der Waals surface area contributed by atoms with Gasteiger partial charge in [0.15, 0.2) is 5.82 Å². The van der Waals surface area contributed by atoms with Gasteiger partial charge in [-0.15, -0.1) is 0 Å². The summed E-state index contributed by atoms with van der Waals surface area (Å²) < 4.78 is 0. The van der Waals surface area contributed by atoms with Crippen LogP contribution in [0.2, 0.25) is 0 Å². The summed E-state index contributed by atoms with van der Waals surface area (Å²) in [6, 6.07) is 9.38. The van der Waals surface area contributed by atoms with Crippen LogP contribution >= 0.6 is 0 Å². The molecule has 86 valence electrons. The third-order valence-corrected chi connectivity index (χ3v) is 2.55. The van der Waals surface area contributed by atoms with Crippen LogP contribution in [0.25, 0.3) is 11.4 Å². The van der Waals surface area contributed by atoms with Crippen molar-refractivity contribution >= 4 is 5.91 Å². The minimum Gasteiger partial charge on any atom is -0.364 e. The summed E-state index contributed by atoms with van der Waals surface area (Å²) in [4.78, 5) is 19.4. The van der Waals surface area contributed by atoms with Crippen molar-refractivity contribution in [3.05, 3.63) is 47.8 Å². The Morgan fingerprint density at radius 3 is 2.76 bits per heavy atom. The maximum atomic E-state index is 11.1. The lowest BCUT2D eigenvalue weighted by Crippen LogP contribution is -2.13. The van der Waals surface area contributed by atoms with Crippen LogP contribution in [0.15, 0.2) is 36.5 Å². The number of carbonyl (C=O) groups is 1. The van der Waals surface area contributed by atoms with E-state index in [-0.39, 0.29) is 5.69 Å². The smallest absolute Gasteiger partial charge is 0.267 e. The van der Waals surface area contributed by atoms with Gasteiger partial charge in [0.25, 0.3) is 5.91 Å². The number of amides is 1. The van der Waals surface area contributed by atoms with E-state index in [9.17, 15) is 4.79 Å². The molecule has 0 fully saturated rings. The van der Waals surface area contributed by atoms with Crippen molar-refractivity contribution < 1.29 is 4.79 Å². The monoisotopic (exact) mass is 227 g/mol. The molecular formula is C13H13N3O. The van der Waals surface area contributed by atoms with E-state index in [0.29, 0.717) is 5.82 Å². The average Bonchev–Trinajstić information content (AvgIpc) is 2.39. The second kappa shape index (κ2) is 4.74. The molecule has 0 aliphatic heterocycles. The number of aryl methyl sites for hydroxylation is 1. The van der Waals surface area contributed by atoms with Crippen molar-refractivity contribution in [3.63, 3.8) is 0 Å². The summed E-state index contributed by atoms with van der Waals surface area (Å²) in [5.74, 6) is 0.00128. The molecule has 0 aliphatic rings. The number of rotatable bonds is 3. The molecule has 0 spiro atoms. The first-order valence-corrected chi connectivity index (χ1v) is 5.43. The number of benzene rings is 1. The molecule has 1 aromatic carbocycles. The summed E-state index contributed by atoms with van der Waals surface area (Å²) in [7, 11) is 0. The fourth-order valence-electron chi connectivity index (χ4n) is 1.67. The summed E-state index contributed by atoms with van der Waals surface area (Å²) in [6.45, 7) is 2.07. The van der Waals surface area contributed by atoms with E-state index >= 15 is 0 Å². The summed E-state index contributed by atoms with van der Waals surface area (Å²) in [5.41, 5.74) is 7.53. The van der Waals surface area contributed by atoms with Crippen LogP contribution in [0.4, 0.5) is 0 Å². The first-order valence-electron chi connectivity index (χ1n) is 5.43. The molecule has 0 radical (unpaired) electrons. The number of nitrogens with zero attached hydrogens (tertiary/aromatic N) is 2. The first-order chi connectivity index (χ1) is 8.22. The minimum absolute atomic E-state index is 0.237. The maximum Gasteiger partial charge on any atom is 0.267 e. The lowest BCUT2D eigenvalue weighted by Gasteiger charge is -2.06. The van der Waals surface area contributed by atoms with Crippen LogP contribution in [0.5, 0.6) is 0 Å². The van der Waals surface area contributed by atoms with Gasteiger partial charge in [0.05, 0.1) is 0 Å². The Labute approximate surface area is 99.5 Å². The SMILES string of the molecule is CCc1ccccc1-c1nccc(C(N)=O)n1. The second-order valence-electron chi connectivity index (χ2n) is 3.64. The van der Waals surface area contributed by atoms with Crippen LogP contribution in [0, 0.1) is 0 Å². The van der Waals surface area contributed by atoms with Crippen LogP contribution in [-0.2, 0) is 6.42 Å². The molecule has 4 nitrogen and oxygen atoms in total. The predicted molar refractivity (Wildman–Crippen MR) is 65.4 cm³/mol. The van der Waals surface area contributed by atoms with Crippen LogP contribution < -0.4 is 5.73 Å². The molecule has 2 aromatic rings. The molecule has 0 atom stereocenters. The van der Waals surface area contributed by atoms with Gasteiger partial charge in [-0.3, -0.25) is 4.79 Å². The fourth-order valence-corrected chi connectivity index (χ4v) is 1.67. The van der Waals surface area contributed by atoms with Crippen molar-refractivity contribution in [2.45, 2.75) is 13.3 Å². The lowest BCUT2D eigenvalue weighted by atomic mass is 10.0. The molecule has 4 heteroatoms. The molecule has 0 unspecified atom stereocenters. The number of nitrogens with two attached hydrogens (primary N) is 1. The highest BCUT2D eigenvalue weighted by Gasteiger charge is 2.08. The molecule has 0 saturated carbocycles. The molecule has 1 amide bonds. The largest absolute Gasteiger partial charge is 0.364 e. The van der Waals surface area contributed by atoms with Gasteiger partial charge in [-0.25, -0.2) is 9.97 Å². The Morgan fingerprint density at radius 2 is 2.06 bits per heavy atom. The number of hydrogen-bond acceptors (Lipinski definition) is 3. The zero-order chi connectivity index (χ0) is 12.3. The predicted octanol–water partition coefficient (Wildman–Crippen LogP) is 1.80. The number of aromatic nitrogens is 2. The molecular weight excluding hydrogens is 214 g/mol. The quantitative estimate of drug-likeness (QED) is 0.869. The van der Waals surface area contributed by atoms with E-state index in [4.69, 9.17) is 5.73 Å². The highest BCUT2D eigenvalue weighted by Crippen LogP contribution is 2.20. The van der Waals surface area contributed by atoms with Crippen molar-refractivity contribution in [3.8, 4) is 11.4 Å². The number of carbonyl (C=O) groups excluding carboxylic acids is 1. The third kappa shape index (κ3) is 2.30. The number of hydrogen-bond donors (Lipinski definition) is 1.